The SMILES string of the molecule is CN(C)CCNC(=O)C1CCN(c2ccc(Cl)c(C#N)n2)CC1. The highest BCUT2D eigenvalue weighted by Crippen LogP contribution is 2.24. The molecule has 1 aromatic rings. The first-order chi connectivity index (χ1) is 11.0. The number of likely N-dealkylation sites (N-methyl/N-ethyl adjacent to an activating group) is 1. The van der Waals surface area contributed by atoms with E-state index in [1.54, 1.807) is 6.07 Å². The Balaban J connectivity index is 1.86. The molecule has 0 saturated carbocycles. The number of carbonyl (C=O) groups is 1. The molecule has 1 saturated heterocycles. The number of rotatable bonds is 5. The molecule has 1 N–H and O–H groups in total. The molecule has 0 atom stereocenters. The highest BCUT2D eigenvalue weighted by Gasteiger charge is 2.25. The van der Waals surface area contributed by atoms with Crippen LogP contribution in [0.2, 0.25) is 5.02 Å². The van der Waals surface area contributed by atoms with E-state index in [0.29, 0.717) is 11.6 Å². The molecule has 1 aliphatic heterocycles. The molecule has 2 rings (SSSR count). The second kappa shape index (κ2) is 8.14. The van der Waals surface area contributed by atoms with Gasteiger partial charge >= 0.3 is 0 Å². The van der Waals surface area contributed by atoms with Gasteiger partial charge in [0.25, 0.3) is 0 Å². The van der Waals surface area contributed by atoms with Crippen molar-refractivity contribution in [1.29, 1.82) is 5.26 Å². The summed E-state index contributed by atoms with van der Waals surface area (Å²) in [6.45, 7) is 3.03. The number of amides is 1. The number of nitriles is 1. The number of piperidine rings is 1. The normalized spacial score (nSPS) is 15.5. The van der Waals surface area contributed by atoms with Crippen molar-refractivity contribution in [2.24, 2.45) is 5.92 Å². The van der Waals surface area contributed by atoms with Crippen LogP contribution in [0.4, 0.5) is 5.82 Å². The maximum Gasteiger partial charge on any atom is 0.223 e. The van der Waals surface area contributed by atoms with Crippen LogP contribution in [0, 0.1) is 17.2 Å². The van der Waals surface area contributed by atoms with Crippen molar-refractivity contribution in [2.45, 2.75) is 12.8 Å². The minimum atomic E-state index is 0.0520. The minimum Gasteiger partial charge on any atom is -0.357 e. The highest BCUT2D eigenvalue weighted by molar-refractivity contribution is 6.31. The first-order valence-corrected chi connectivity index (χ1v) is 8.13. The van der Waals surface area contributed by atoms with E-state index in [9.17, 15) is 4.79 Å². The molecule has 0 radical (unpaired) electrons. The van der Waals surface area contributed by atoms with E-state index in [1.807, 2.05) is 31.1 Å². The minimum absolute atomic E-state index is 0.0520. The van der Waals surface area contributed by atoms with E-state index in [-0.39, 0.29) is 17.5 Å². The van der Waals surface area contributed by atoms with Crippen molar-refractivity contribution in [1.82, 2.24) is 15.2 Å². The second-order valence-corrected chi connectivity index (χ2v) is 6.37. The van der Waals surface area contributed by atoms with E-state index < -0.39 is 0 Å². The van der Waals surface area contributed by atoms with Crippen LogP contribution in [0.3, 0.4) is 0 Å². The van der Waals surface area contributed by atoms with Gasteiger partial charge in [0, 0.05) is 32.1 Å². The van der Waals surface area contributed by atoms with Crippen LogP contribution in [0.15, 0.2) is 12.1 Å². The predicted octanol–water partition coefficient (Wildman–Crippen LogP) is 1.50. The average Bonchev–Trinajstić information content (AvgIpc) is 2.55. The molecule has 124 valence electrons. The molecular formula is C16H22ClN5O. The van der Waals surface area contributed by atoms with Crippen LogP contribution in [-0.2, 0) is 4.79 Å². The number of aromatic nitrogens is 1. The number of pyridine rings is 1. The molecule has 0 aromatic carbocycles. The molecule has 23 heavy (non-hydrogen) atoms. The fourth-order valence-electron chi connectivity index (χ4n) is 2.60. The number of hydrogen-bond acceptors (Lipinski definition) is 5. The van der Waals surface area contributed by atoms with Gasteiger partial charge in [-0.3, -0.25) is 4.79 Å². The fraction of sp³-hybridized carbons (Fsp3) is 0.562. The summed E-state index contributed by atoms with van der Waals surface area (Å²) in [5.41, 5.74) is 0.243. The van der Waals surface area contributed by atoms with Crippen LogP contribution in [0.25, 0.3) is 0 Å². The lowest BCUT2D eigenvalue weighted by molar-refractivity contribution is -0.125. The molecule has 1 aliphatic rings. The molecule has 0 bridgehead atoms. The first-order valence-electron chi connectivity index (χ1n) is 7.75. The van der Waals surface area contributed by atoms with Crippen LogP contribution >= 0.6 is 11.6 Å². The van der Waals surface area contributed by atoms with Gasteiger partial charge in [-0.25, -0.2) is 4.98 Å². The average molecular weight is 336 g/mol. The van der Waals surface area contributed by atoms with E-state index in [1.165, 1.54) is 0 Å². The van der Waals surface area contributed by atoms with Gasteiger partial charge in [-0.2, -0.15) is 5.26 Å². The summed E-state index contributed by atoms with van der Waals surface area (Å²) in [6, 6.07) is 5.51. The third kappa shape index (κ3) is 4.81. The van der Waals surface area contributed by atoms with Crippen molar-refractivity contribution >= 4 is 23.3 Å². The largest absolute Gasteiger partial charge is 0.357 e. The van der Waals surface area contributed by atoms with E-state index >= 15 is 0 Å². The molecule has 1 amide bonds. The van der Waals surface area contributed by atoms with Gasteiger partial charge in [-0.15, -0.1) is 0 Å². The van der Waals surface area contributed by atoms with Crippen molar-refractivity contribution in [3.8, 4) is 6.07 Å². The zero-order chi connectivity index (χ0) is 16.8. The van der Waals surface area contributed by atoms with E-state index in [2.05, 4.69) is 15.2 Å². The molecule has 0 spiro atoms. The Bertz CT molecular complexity index is 591. The monoisotopic (exact) mass is 335 g/mol. The van der Waals surface area contributed by atoms with Gasteiger partial charge in [-0.05, 0) is 39.1 Å². The van der Waals surface area contributed by atoms with Gasteiger partial charge in [0.2, 0.25) is 5.91 Å². The van der Waals surface area contributed by atoms with E-state index in [0.717, 1.165) is 38.3 Å². The van der Waals surface area contributed by atoms with Gasteiger partial charge in [0.1, 0.15) is 11.9 Å². The third-order valence-corrected chi connectivity index (χ3v) is 4.29. The van der Waals surface area contributed by atoms with Gasteiger partial charge in [0.15, 0.2) is 5.69 Å². The van der Waals surface area contributed by atoms with E-state index in [4.69, 9.17) is 16.9 Å². The molecule has 1 aromatic heterocycles. The first kappa shape index (κ1) is 17.5. The van der Waals surface area contributed by atoms with Gasteiger partial charge in [0.05, 0.1) is 5.02 Å². The molecule has 1 fully saturated rings. The highest BCUT2D eigenvalue weighted by atomic mass is 35.5. The topological polar surface area (TPSA) is 72.3 Å². The van der Waals surface area contributed by atoms with Crippen LogP contribution < -0.4 is 10.2 Å². The number of anilines is 1. The molecule has 6 nitrogen and oxygen atoms in total. The summed E-state index contributed by atoms with van der Waals surface area (Å²) in [7, 11) is 3.97. The lowest BCUT2D eigenvalue weighted by Gasteiger charge is -2.32. The Labute approximate surface area is 142 Å². The zero-order valence-corrected chi connectivity index (χ0v) is 14.3. The summed E-state index contributed by atoms with van der Waals surface area (Å²) in [4.78, 5) is 20.6. The Morgan fingerprint density at radius 3 is 2.78 bits per heavy atom. The predicted molar refractivity (Wildman–Crippen MR) is 90.5 cm³/mol. The number of nitrogens with one attached hydrogen (secondary N) is 1. The summed E-state index contributed by atoms with van der Waals surface area (Å²) in [5.74, 6) is 0.932. The Kier molecular flexibility index (Phi) is 6.20. The summed E-state index contributed by atoms with van der Waals surface area (Å²) in [5, 5.41) is 12.4. The Hall–Kier alpha value is -1.84. The molecule has 0 unspecified atom stereocenters. The lowest BCUT2D eigenvalue weighted by atomic mass is 9.96. The number of hydrogen-bond donors (Lipinski definition) is 1. The molecule has 0 aliphatic carbocycles. The van der Waals surface area contributed by atoms with Crippen molar-refractivity contribution in [3.63, 3.8) is 0 Å². The van der Waals surface area contributed by atoms with Crippen molar-refractivity contribution in [2.75, 3.05) is 45.2 Å². The second-order valence-electron chi connectivity index (χ2n) is 5.97. The van der Waals surface area contributed by atoms with Gasteiger partial charge < -0.3 is 15.1 Å². The maximum absolute atomic E-state index is 12.1. The van der Waals surface area contributed by atoms with Crippen LogP contribution in [-0.4, -0.2) is 56.1 Å². The Morgan fingerprint density at radius 2 is 2.17 bits per heavy atom. The molecular weight excluding hydrogens is 314 g/mol. The number of carbonyl (C=O) groups excluding carboxylic acids is 1. The Morgan fingerprint density at radius 1 is 1.48 bits per heavy atom. The zero-order valence-electron chi connectivity index (χ0n) is 13.5. The quantitative estimate of drug-likeness (QED) is 0.883. The number of halogens is 1. The standard InChI is InChI=1S/C16H22ClN5O/c1-21(2)10-7-19-16(23)12-5-8-22(9-6-12)15-4-3-13(17)14(11-18)20-15/h3-4,12H,5-10H2,1-2H3,(H,19,23). The maximum atomic E-state index is 12.1. The lowest BCUT2D eigenvalue weighted by Crippen LogP contribution is -2.42. The fourth-order valence-corrected chi connectivity index (χ4v) is 2.75. The number of nitrogens with zero attached hydrogens (tertiary/aromatic N) is 4. The third-order valence-electron chi connectivity index (χ3n) is 3.99. The molecule has 2 heterocycles. The molecule has 7 heteroatoms. The van der Waals surface area contributed by atoms with Crippen LogP contribution in [0.1, 0.15) is 18.5 Å². The van der Waals surface area contributed by atoms with Crippen LogP contribution in [0.5, 0.6) is 0 Å². The summed E-state index contributed by atoms with van der Waals surface area (Å²) < 4.78 is 0. The van der Waals surface area contributed by atoms with Crippen molar-refractivity contribution < 1.29 is 4.79 Å². The van der Waals surface area contributed by atoms with Crippen molar-refractivity contribution in [3.05, 3.63) is 22.8 Å². The smallest absolute Gasteiger partial charge is 0.223 e. The summed E-state index contributed by atoms with van der Waals surface area (Å²) in [6.07, 6.45) is 1.58. The van der Waals surface area contributed by atoms with Gasteiger partial charge in [-0.1, -0.05) is 11.6 Å². The summed E-state index contributed by atoms with van der Waals surface area (Å²) >= 11 is 5.91.